The lowest BCUT2D eigenvalue weighted by Gasteiger charge is -2.37. The third kappa shape index (κ3) is 31.2. The summed E-state index contributed by atoms with van der Waals surface area (Å²) in [5.41, 5.74) is -2.03. The van der Waals surface area contributed by atoms with Crippen LogP contribution in [0, 0.1) is 46.3 Å². The number of fused-ring (bicyclic) bond motifs is 5. The molecule has 0 amide bonds. The third-order valence-corrected chi connectivity index (χ3v) is 22.2. The lowest BCUT2D eigenvalue weighted by atomic mass is 9.89. The molecule has 11 rings (SSSR count). The van der Waals surface area contributed by atoms with Crippen LogP contribution in [-0.4, -0.2) is 334 Å². The molecular weight excluding hydrogens is 1450 g/mol. The topological polar surface area (TPSA) is 359 Å². The lowest BCUT2D eigenvalue weighted by molar-refractivity contribution is -0.156. The molecule has 0 aromatic heterocycles. The predicted octanol–water partition coefficient (Wildman–Crippen LogP) is 4.10. The van der Waals surface area contributed by atoms with Crippen LogP contribution >= 0.6 is 0 Å². The van der Waals surface area contributed by atoms with Crippen LogP contribution in [-0.2, 0) is 152 Å². The SMILES string of the molecule is CC1CC(C(=O)OCCOCCOCC(COCCOCCOC(=O)C2CCC3OC3C2)(COCCOCCOC(=O)C2CCC3OC3C2)COCC(COCCOCCOCCOC(=O)C2CCC3OC3C2)(COCCOCCOC(=O)C2CCC3OC3C2)COCCOCCOC(=O)C2CCC3OC3C2)CCO1. The fourth-order valence-electron chi connectivity index (χ4n) is 15.5. The highest BCUT2D eigenvalue weighted by Gasteiger charge is 2.50. The van der Waals surface area contributed by atoms with Crippen LogP contribution in [0.5, 0.6) is 0 Å². The number of rotatable bonds is 61. The number of carbonyl (C=O) groups is 6. The Morgan fingerprint density at radius 2 is 0.418 bits per heavy atom. The van der Waals surface area contributed by atoms with Gasteiger partial charge in [0.05, 0.1) is 298 Å². The van der Waals surface area contributed by atoms with E-state index in [-0.39, 0.29) is 357 Å². The average molecular weight is 1570 g/mol. The summed E-state index contributed by atoms with van der Waals surface area (Å²) in [6.45, 7) is 6.94. The van der Waals surface area contributed by atoms with Gasteiger partial charge >= 0.3 is 35.8 Å². The van der Waals surface area contributed by atoms with E-state index in [0.717, 1.165) is 64.2 Å². The van der Waals surface area contributed by atoms with Crippen LogP contribution in [0.4, 0.5) is 0 Å². The van der Waals surface area contributed by atoms with Gasteiger partial charge in [0.2, 0.25) is 0 Å². The fraction of sp³-hybridized carbons (Fsp3) is 0.923. The molecule has 6 aliphatic heterocycles. The molecule has 0 N–H and O–H groups in total. The molecule has 11 fully saturated rings. The molecule has 0 radical (unpaired) electrons. The number of esters is 6. The molecule has 6 saturated heterocycles. The molecule has 0 aromatic rings. The minimum absolute atomic E-state index is 0.00140. The smallest absolute Gasteiger partial charge is 0.309 e. The monoisotopic (exact) mass is 1570 g/mol. The van der Waals surface area contributed by atoms with Gasteiger partial charge in [0.1, 0.15) is 39.6 Å². The van der Waals surface area contributed by atoms with Crippen molar-refractivity contribution < 1.29 is 152 Å². The maximum absolute atomic E-state index is 12.9. The van der Waals surface area contributed by atoms with Crippen molar-refractivity contribution in [1.29, 1.82) is 0 Å². The highest BCUT2D eigenvalue weighted by Crippen LogP contribution is 2.44. The Hall–Kier alpha value is -3.98. The normalized spacial score (nSPS) is 30.5. The molecule has 0 aromatic carbocycles. The first kappa shape index (κ1) is 86.9. The van der Waals surface area contributed by atoms with Gasteiger partial charge in [0, 0.05) is 6.61 Å². The summed E-state index contributed by atoms with van der Waals surface area (Å²) in [4.78, 5) is 77.1. The van der Waals surface area contributed by atoms with Gasteiger partial charge in [-0.3, -0.25) is 28.8 Å². The van der Waals surface area contributed by atoms with Gasteiger partial charge in [-0.05, 0) is 116 Å². The van der Waals surface area contributed by atoms with Crippen molar-refractivity contribution in [2.75, 3.05) is 231 Å². The van der Waals surface area contributed by atoms with Crippen molar-refractivity contribution in [3.8, 4) is 0 Å². The van der Waals surface area contributed by atoms with E-state index in [1.807, 2.05) is 6.92 Å². The summed E-state index contributed by atoms with van der Waals surface area (Å²) in [5, 5.41) is 0. The van der Waals surface area contributed by atoms with Crippen LogP contribution in [0.1, 0.15) is 116 Å². The van der Waals surface area contributed by atoms with Crippen LogP contribution in [0.25, 0.3) is 0 Å². The number of carbonyl (C=O) groups excluding carboxylic acids is 6. The molecule has 0 bridgehead atoms. The van der Waals surface area contributed by atoms with Crippen LogP contribution in [0.2, 0.25) is 0 Å². The number of hydrogen-bond acceptors (Lipinski definition) is 32. The Balaban J connectivity index is 0.711. The molecule has 0 spiro atoms. The molecule has 110 heavy (non-hydrogen) atoms. The van der Waals surface area contributed by atoms with Crippen molar-refractivity contribution in [1.82, 2.24) is 0 Å². The second-order valence-electron chi connectivity index (χ2n) is 31.1. The van der Waals surface area contributed by atoms with Gasteiger partial charge in [-0.2, -0.15) is 0 Å². The Kier molecular flexibility index (Phi) is 37.3. The highest BCUT2D eigenvalue weighted by molar-refractivity contribution is 5.75. The van der Waals surface area contributed by atoms with Crippen molar-refractivity contribution in [3.63, 3.8) is 0 Å². The standard InChI is InChI=1S/C78H124O32/c1-54-40-60(12-13-99-54)76(84)105-39-33-91-21-27-97-51-78(49-95-25-19-89-31-37-103-74(82)58-5-10-64-69(44-58)109-64,50-96-26-20-90-32-38-104-75(83)59-6-11-65-70(45-59)110-65)53-98-52-77(47-93-23-17-87-29-35-101-72(80)56-3-8-62-67(42-56)107-62,48-94-24-18-88-30-36-102-73(81)57-4-9-63-68(43-57)108-63)46-92-22-16-85-14-15-86-28-34-100-71(79)55-2-7-61-66(41-55)106-61/h54-70H,2-53H2,1H3. The molecule has 17 atom stereocenters. The van der Waals surface area contributed by atoms with E-state index < -0.39 is 10.8 Å². The van der Waals surface area contributed by atoms with Gasteiger partial charge < -0.3 is 123 Å². The van der Waals surface area contributed by atoms with Crippen molar-refractivity contribution in [2.45, 2.75) is 183 Å². The zero-order chi connectivity index (χ0) is 76.4. The van der Waals surface area contributed by atoms with Gasteiger partial charge in [0.25, 0.3) is 0 Å². The van der Waals surface area contributed by atoms with E-state index in [0.29, 0.717) is 57.7 Å². The second kappa shape index (κ2) is 47.3. The van der Waals surface area contributed by atoms with Gasteiger partial charge in [-0.25, -0.2) is 0 Å². The van der Waals surface area contributed by atoms with Crippen molar-refractivity contribution in [3.05, 3.63) is 0 Å². The Morgan fingerprint density at radius 1 is 0.227 bits per heavy atom. The van der Waals surface area contributed by atoms with Gasteiger partial charge in [-0.15, -0.1) is 0 Å². The maximum Gasteiger partial charge on any atom is 0.309 e. The molecule has 11 aliphatic rings. The predicted molar refractivity (Wildman–Crippen MR) is 380 cm³/mol. The molecule has 5 saturated carbocycles. The molecular formula is C78H124O32. The maximum atomic E-state index is 12.9. The largest absolute Gasteiger partial charge is 0.463 e. The van der Waals surface area contributed by atoms with E-state index in [9.17, 15) is 28.8 Å². The van der Waals surface area contributed by atoms with E-state index in [1.165, 1.54) is 0 Å². The van der Waals surface area contributed by atoms with Crippen LogP contribution in [0.3, 0.4) is 0 Å². The number of ether oxygens (including phenoxy) is 26. The molecule has 628 valence electrons. The summed E-state index contributed by atoms with van der Waals surface area (Å²) in [7, 11) is 0. The van der Waals surface area contributed by atoms with E-state index in [4.69, 9.17) is 123 Å². The van der Waals surface area contributed by atoms with Crippen molar-refractivity contribution >= 4 is 35.8 Å². The highest BCUT2D eigenvalue weighted by atomic mass is 16.6. The van der Waals surface area contributed by atoms with E-state index in [2.05, 4.69) is 0 Å². The summed E-state index contributed by atoms with van der Waals surface area (Å²) >= 11 is 0. The van der Waals surface area contributed by atoms with Gasteiger partial charge in [0.15, 0.2) is 0 Å². The molecule has 32 nitrogen and oxygen atoms in total. The Morgan fingerprint density at radius 3 is 0.627 bits per heavy atom. The summed E-state index contributed by atoms with van der Waals surface area (Å²) in [6, 6.07) is 0. The molecule has 6 heterocycles. The minimum atomic E-state index is -1.02. The van der Waals surface area contributed by atoms with Crippen molar-refractivity contribution in [2.24, 2.45) is 46.3 Å². The Bertz CT molecular complexity index is 2550. The second-order valence-corrected chi connectivity index (χ2v) is 31.1. The van der Waals surface area contributed by atoms with Crippen LogP contribution < -0.4 is 0 Å². The first-order valence-corrected chi connectivity index (χ1v) is 40.8. The van der Waals surface area contributed by atoms with Crippen LogP contribution in [0.15, 0.2) is 0 Å². The summed E-state index contributed by atoms with van der Waals surface area (Å²) in [5.74, 6) is -2.54. The van der Waals surface area contributed by atoms with Gasteiger partial charge in [-0.1, -0.05) is 0 Å². The fourth-order valence-corrected chi connectivity index (χ4v) is 15.5. The quantitative estimate of drug-likeness (QED) is 0.0358. The average Bonchev–Trinajstić information content (AvgIpc) is 1.70. The Labute approximate surface area is 646 Å². The molecule has 32 heteroatoms. The lowest BCUT2D eigenvalue weighted by Crippen LogP contribution is -2.46. The summed E-state index contributed by atoms with van der Waals surface area (Å²) in [6.07, 6.45) is 14.8. The number of epoxide rings is 5. The zero-order valence-corrected chi connectivity index (χ0v) is 64.6. The first-order chi connectivity index (χ1) is 53.9. The minimum Gasteiger partial charge on any atom is -0.463 e. The summed E-state index contributed by atoms with van der Waals surface area (Å²) < 4.78 is 154. The van der Waals surface area contributed by atoms with E-state index in [1.54, 1.807) is 0 Å². The zero-order valence-electron chi connectivity index (χ0n) is 64.6. The first-order valence-electron chi connectivity index (χ1n) is 40.8. The third-order valence-electron chi connectivity index (χ3n) is 22.2. The van der Waals surface area contributed by atoms with E-state index >= 15 is 0 Å². The molecule has 5 aliphatic carbocycles. The number of hydrogen-bond donors (Lipinski definition) is 0. The molecule has 17 unspecified atom stereocenters.